The molecule has 1 fully saturated rings. The van der Waals surface area contributed by atoms with Gasteiger partial charge in [0, 0.05) is 19.5 Å². The van der Waals surface area contributed by atoms with Crippen LogP contribution in [-0.4, -0.2) is 28.8 Å². The molecule has 5 heteroatoms. The van der Waals surface area contributed by atoms with E-state index < -0.39 is 5.63 Å². The Bertz CT molecular complexity index is 694. The van der Waals surface area contributed by atoms with Crippen LogP contribution in [0, 0.1) is 6.92 Å². The minimum absolute atomic E-state index is 0.235. The van der Waals surface area contributed by atoms with E-state index in [2.05, 4.69) is 0 Å². The summed E-state index contributed by atoms with van der Waals surface area (Å²) in [6, 6.07) is 9.47. The molecule has 0 atom stereocenters. The van der Waals surface area contributed by atoms with E-state index in [1.54, 1.807) is 11.8 Å². The first-order valence-corrected chi connectivity index (χ1v) is 7.22. The smallest absolute Gasteiger partial charge is 0.327 e. The number of carbonyl (C=O) groups excluding carboxylic acids is 1. The van der Waals surface area contributed by atoms with Crippen molar-refractivity contribution in [2.24, 2.45) is 0 Å². The van der Waals surface area contributed by atoms with Gasteiger partial charge in [-0.1, -0.05) is 30.3 Å². The Morgan fingerprint density at radius 2 is 1.86 bits per heavy atom. The van der Waals surface area contributed by atoms with Crippen molar-refractivity contribution in [3.63, 3.8) is 0 Å². The van der Waals surface area contributed by atoms with Crippen molar-refractivity contribution in [2.75, 3.05) is 13.1 Å². The zero-order valence-electron chi connectivity index (χ0n) is 12.0. The van der Waals surface area contributed by atoms with Crippen molar-refractivity contribution in [2.45, 2.75) is 26.2 Å². The van der Waals surface area contributed by atoms with Crippen molar-refractivity contribution in [3.05, 3.63) is 57.6 Å². The number of carbonyl (C=O) groups is 1. The molecule has 0 unspecified atom stereocenters. The second kappa shape index (κ2) is 5.60. The standard InChI is InChI=1S/C16H18N2O3/c1-12-14(11-13-7-3-2-4-8-13)15(19)21-18(12)16(20)17-9-5-6-10-17/h2-4,7-8H,5-6,9-11H2,1H3. The monoisotopic (exact) mass is 286 g/mol. The van der Waals surface area contributed by atoms with Gasteiger partial charge in [0.15, 0.2) is 0 Å². The molecule has 2 aromatic rings. The molecule has 2 heterocycles. The van der Waals surface area contributed by atoms with E-state index in [9.17, 15) is 9.59 Å². The van der Waals surface area contributed by atoms with Crippen LogP contribution >= 0.6 is 0 Å². The number of rotatable bonds is 2. The van der Waals surface area contributed by atoms with Gasteiger partial charge in [0.05, 0.1) is 11.3 Å². The van der Waals surface area contributed by atoms with E-state index in [1.807, 2.05) is 30.3 Å². The molecule has 1 aliphatic rings. The lowest BCUT2D eigenvalue weighted by Crippen LogP contribution is -2.32. The topological polar surface area (TPSA) is 55.5 Å². The molecule has 1 saturated heterocycles. The molecular weight excluding hydrogens is 268 g/mol. The highest BCUT2D eigenvalue weighted by atomic mass is 16.5. The fraction of sp³-hybridized carbons (Fsp3) is 0.375. The fourth-order valence-corrected chi connectivity index (χ4v) is 2.70. The molecule has 21 heavy (non-hydrogen) atoms. The zero-order valence-corrected chi connectivity index (χ0v) is 12.0. The summed E-state index contributed by atoms with van der Waals surface area (Å²) in [5, 5.41) is 0. The van der Waals surface area contributed by atoms with E-state index in [1.165, 1.54) is 0 Å². The number of nitrogens with zero attached hydrogens (tertiary/aromatic N) is 2. The average Bonchev–Trinajstić information content (AvgIpc) is 3.12. The summed E-state index contributed by atoms with van der Waals surface area (Å²) in [5.41, 5.74) is 1.75. The number of likely N-dealkylation sites (tertiary alicyclic amines) is 1. The highest BCUT2D eigenvalue weighted by Gasteiger charge is 2.25. The molecule has 0 bridgehead atoms. The number of hydrogen-bond donors (Lipinski definition) is 0. The summed E-state index contributed by atoms with van der Waals surface area (Å²) in [4.78, 5) is 26.1. The molecule has 110 valence electrons. The predicted molar refractivity (Wildman–Crippen MR) is 78.6 cm³/mol. The maximum atomic E-state index is 12.3. The van der Waals surface area contributed by atoms with Crippen LogP contribution in [0.4, 0.5) is 4.79 Å². The van der Waals surface area contributed by atoms with Crippen molar-refractivity contribution in [1.82, 2.24) is 9.64 Å². The van der Waals surface area contributed by atoms with Crippen LogP contribution in [0.1, 0.15) is 29.7 Å². The lowest BCUT2D eigenvalue weighted by atomic mass is 10.1. The van der Waals surface area contributed by atoms with Crippen LogP contribution in [0.5, 0.6) is 0 Å². The van der Waals surface area contributed by atoms with Gasteiger partial charge >= 0.3 is 11.7 Å². The molecule has 3 rings (SSSR count). The second-order valence-corrected chi connectivity index (χ2v) is 5.38. The predicted octanol–water partition coefficient (Wildman–Crippen LogP) is 2.40. The number of benzene rings is 1. The van der Waals surface area contributed by atoms with E-state index in [0.29, 0.717) is 17.7 Å². The van der Waals surface area contributed by atoms with Gasteiger partial charge in [-0.15, -0.1) is 4.74 Å². The van der Waals surface area contributed by atoms with Crippen LogP contribution in [-0.2, 0) is 6.42 Å². The Balaban J connectivity index is 1.89. The van der Waals surface area contributed by atoms with Crippen molar-refractivity contribution in [1.29, 1.82) is 0 Å². The van der Waals surface area contributed by atoms with E-state index in [4.69, 9.17) is 4.52 Å². The lowest BCUT2D eigenvalue weighted by Gasteiger charge is -2.14. The molecule has 0 N–H and O–H groups in total. The van der Waals surface area contributed by atoms with Gasteiger partial charge in [-0.2, -0.15) is 0 Å². The molecule has 1 amide bonds. The normalized spacial score (nSPS) is 14.6. The highest BCUT2D eigenvalue weighted by Crippen LogP contribution is 2.15. The maximum absolute atomic E-state index is 12.3. The largest absolute Gasteiger partial charge is 0.362 e. The molecule has 1 aromatic carbocycles. The molecule has 1 aliphatic heterocycles. The average molecular weight is 286 g/mol. The van der Waals surface area contributed by atoms with Gasteiger partial charge in [0.25, 0.3) is 0 Å². The van der Waals surface area contributed by atoms with Crippen molar-refractivity contribution in [3.8, 4) is 0 Å². The Hall–Kier alpha value is -2.30. The van der Waals surface area contributed by atoms with Gasteiger partial charge in [0.2, 0.25) is 0 Å². The third-order valence-electron chi connectivity index (χ3n) is 3.94. The highest BCUT2D eigenvalue weighted by molar-refractivity contribution is 5.76. The van der Waals surface area contributed by atoms with Crippen LogP contribution in [0.25, 0.3) is 0 Å². The van der Waals surface area contributed by atoms with Crippen molar-refractivity contribution >= 4 is 6.03 Å². The van der Waals surface area contributed by atoms with E-state index in [0.717, 1.165) is 36.2 Å². The minimum atomic E-state index is -0.427. The summed E-state index contributed by atoms with van der Waals surface area (Å²) in [5.74, 6) is 0. The van der Waals surface area contributed by atoms with Crippen LogP contribution < -0.4 is 5.63 Å². The minimum Gasteiger partial charge on any atom is -0.327 e. The van der Waals surface area contributed by atoms with Gasteiger partial charge in [0.1, 0.15) is 0 Å². The second-order valence-electron chi connectivity index (χ2n) is 5.38. The number of hydrogen-bond acceptors (Lipinski definition) is 3. The van der Waals surface area contributed by atoms with E-state index >= 15 is 0 Å². The van der Waals surface area contributed by atoms with Crippen LogP contribution in [0.3, 0.4) is 0 Å². The van der Waals surface area contributed by atoms with E-state index in [-0.39, 0.29) is 6.03 Å². The lowest BCUT2D eigenvalue weighted by molar-refractivity contribution is 0.174. The number of aromatic nitrogens is 1. The molecule has 0 saturated carbocycles. The maximum Gasteiger partial charge on any atom is 0.362 e. The first-order chi connectivity index (χ1) is 10.2. The quantitative estimate of drug-likeness (QED) is 0.852. The number of amides is 1. The molecule has 5 nitrogen and oxygen atoms in total. The van der Waals surface area contributed by atoms with Crippen LogP contribution in [0.15, 0.2) is 39.6 Å². The SMILES string of the molecule is Cc1c(Cc2ccccc2)c(=O)on1C(=O)N1CCCC1. The molecule has 0 aliphatic carbocycles. The fourth-order valence-electron chi connectivity index (χ4n) is 2.70. The Labute approximate surface area is 122 Å². The van der Waals surface area contributed by atoms with Gasteiger partial charge < -0.3 is 9.42 Å². The zero-order chi connectivity index (χ0) is 14.8. The molecule has 1 aromatic heterocycles. The molecule has 0 spiro atoms. The van der Waals surface area contributed by atoms with Gasteiger partial charge in [-0.25, -0.2) is 9.59 Å². The Morgan fingerprint density at radius 1 is 1.19 bits per heavy atom. The molecule has 0 radical (unpaired) electrons. The van der Waals surface area contributed by atoms with Gasteiger partial charge in [-0.05, 0) is 25.3 Å². The summed E-state index contributed by atoms with van der Waals surface area (Å²) < 4.78 is 6.31. The van der Waals surface area contributed by atoms with Crippen molar-refractivity contribution < 1.29 is 9.32 Å². The first kappa shape index (κ1) is 13.7. The summed E-state index contributed by atoms with van der Waals surface area (Å²) in [7, 11) is 0. The Morgan fingerprint density at radius 3 is 2.52 bits per heavy atom. The summed E-state index contributed by atoms with van der Waals surface area (Å²) >= 11 is 0. The summed E-state index contributed by atoms with van der Waals surface area (Å²) in [6.45, 7) is 3.22. The molecular formula is C16H18N2O3. The third-order valence-corrected chi connectivity index (χ3v) is 3.94. The Kier molecular flexibility index (Phi) is 3.64. The van der Waals surface area contributed by atoms with Crippen LogP contribution in [0.2, 0.25) is 0 Å². The van der Waals surface area contributed by atoms with Gasteiger partial charge in [-0.3, -0.25) is 0 Å². The first-order valence-electron chi connectivity index (χ1n) is 7.22. The summed E-state index contributed by atoms with van der Waals surface area (Å²) in [6.07, 6.45) is 2.50. The third kappa shape index (κ3) is 2.63.